The molecule has 38 heavy (non-hydrogen) atoms. The maximum absolute atomic E-state index is 13.9. The van der Waals surface area contributed by atoms with E-state index in [9.17, 15) is 22.8 Å². The van der Waals surface area contributed by atoms with Crippen LogP contribution in [-0.4, -0.2) is 12.5 Å². The molecule has 1 N–H and O–H groups in total. The molecule has 0 atom stereocenters. The zero-order valence-electron chi connectivity index (χ0n) is 21.0. The summed E-state index contributed by atoms with van der Waals surface area (Å²) >= 11 is 0. The predicted molar refractivity (Wildman–Crippen MR) is 136 cm³/mol. The highest BCUT2D eigenvalue weighted by Crippen LogP contribution is 2.39. The van der Waals surface area contributed by atoms with Crippen LogP contribution < -0.4 is 20.2 Å². The second-order valence-electron chi connectivity index (χ2n) is 9.67. The molecule has 0 bridgehead atoms. The van der Waals surface area contributed by atoms with Crippen molar-refractivity contribution in [3.63, 3.8) is 0 Å². The SMILES string of the molecule is CC(C)(C)c1ccc(Oc2c(C(F)(F)F)oc3cc(OCC(=O)NCc4ccccc4)ccc3c2=O)cc1. The van der Waals surface area contributed by atoms with Gasteiger partial charge in [0.2, 0.25) is 11.2 Å². The molecule has 4 aromatic rings. The fourth-order valence-electron chi connectivity index (χ4n) is 3.66. The minimum atomic E-state index is -5.00. The quantitative estimate of drug-likeness (QED) is 0.294. The van der Waals surface area contributed by atoms with Gasteiger partial charge in [0.05, 0.1) is 5.39 Å². The highest BCUT2D eigenvalue weighted by Gasteiger charge is 2.40. The maximum atomic E-state index is 13.9. The van der Waals surface area contributed by atoms with Gasteiger partial charge in [-0.05, 0) is 40.8 Å². The molecule has 0 saturated carbocycles. The summed E-state index contributed by atoms with van der Waals surface area (Å²) in [7, 11) is 0. The van der Waals surface area contributed by atoms with Crippen molar-refractivity contribution in [2.24, 2.45) is 0 Å². The van der Waals surface area contributed by atoms with Crippen LogP contribution in [0.25, 0.3) is 11.0 Å². The van der Waals surface area contributed by atoms with Crippen LogP contribution in [0.4, 0.5) is 13.2 Å². The molecule has 6 nitrogen and oxygen atoms in total. The zero-order valence-corrected chi connectivity index (χ0v) is 21.0. The van der Waals surface area contributed by atoms with Gasteiger partial charge in [-0.3, -0.25) is 9.59 Å². The van der Waals surface area contributed by atoms with Gasteiger partial charge >= 0.3 is 6.18 Å². The van der Waals surface area contributed by atoms with E-state index in [4.69, 9.17) is 13.9 Å². The third kappa shape index (κ3) is 6.34. The average Bonchev–Trinajstić information content (AvgIpc) is 2.87. The maximum Gasteiger partial charge on any atom is 0.453 e. The fourth-order valence-corrected chi connectivity index (χ4v) is 3.66. The van der Waals surface area contributed by atoms with Gasteiger partial charge in [-0.25, -0.2) is 0 Å². The molecular weight excluding hydrogens is 499 g/mol. The van der Waals surface area contributed by atoms with Crippen molar-refractivity contribution < 1.29 is 31.9 Å². The highest BCUT2D eigenvalue weighted by atomic mass is 19.4. The summed E-state index contributed by atoms with van der Waals surface area (Å²) in [5.41, 5.74) is 0.356. The number of ether oxygens (including phenoxy) is 2. The van der Waals surface area contributed by atoms with E-state index >= 15 is 0 Å². The van der Waals surface area contributed by atoms with Gasteiger partial charge in [-0.2, -0.15) is 13.2 Å². The second kappa shape index (κ2) is 10.6. The summed E-state index contributed by atoms with van der Waals surface area (Å²) in [6, 6.07) is 19.5. The van der Waals surface area contributed by atoms with E-state index in [1.165, 1.54) is 24.3 Å². The number of halogens is 3. The van der Waals surface area contributed by atoms with Crippen LogP contribution in [0.5, 0.6) is 17.2 Å². The van der Waals surface area contributed by atoms with Gasteiger partial charge in [0.15, 0.2) is 6.61 Å². The van der Waals surface area contributed by atoms with E-state index in [0.717, 1.165) is 17.2 Å². The molecule has 0 spiro atoms. The van der Waals surface area contributed by atoms with E-state index in [1.54, 1.807) is 12.1 Å². The molecule has 0 aliphatic carbocycles. The van der Waals surface area contributed by atoms with Crippen LogP contribution in [0.15, 0.2) is 82.0 Å². The van der Waals surface area contributed by atoms with E-state index in [2.05, 4.69) is 5.32 Å². The number of hydrogen-bond donors (Lipinski definition) is 1. The lowest BCUT2D eigenvalue weighted by Gasteiger charge is -2.19. The van der Waals surface area contributed by atoms with Gasteiger partial charge in [0.25, 0.3) is 11.7 Å². The summed E-state index contributed by atoms with van der Waals surface area (Å²) in [5, 5.41) is 2.56. The first kappa shape index (κ1) is 26.8. The minimum absolute atomic E-state index is 0.0649. The largest absolute Gasteiger partial charge is 0.484 e. The van der Waals surface area contributed by atoms with Gasteiger partial charge in [0.1, 0.15) is 17.1 Å². The summed E-state index contributed by atoms with van der Waals surface area (Å²) in [4.78, 5) is 25.1. The summed E-state index contributed by atoms with van der Waals surface area (Å²) < 4.78 is 57.5. The first-order chi connectivity index (χ1) is 17.9. The Balaban J connectivity index is 1.56. The normalized spacial score (nSPS) is 11.8. The smallest absolute Gasteiger partial charge is 0.453 e. The Labute approximate surface area is 217 Å². The van der Waals surface area contributed by atoms with Crippen LogP contribution in [0.1, 0.15) is 37.7 Å². The van der Waals surface area contributed by atoms with Crippen molar-refractivity contribution in [3.8, 4) is 17.2 Å². The topological polar surface area (TPSA) is 77.8 Å². The van der Waals surface area contributed by atoms with Crippen molar-refractivity contribution in [2.75, 3.05) is 6.61 Å². The molecule has 9 heteroatoms. The number of alkyl halides is 3. The molecule has 1 aromatic heterocycles. The first-order valence-corrected chi connectivity index (χ1v) is 11.8. The Morgan fingerprint density at radius 3 is 2.21 bits per heavy atom. The molecule has 0 fully saturated rings. The highest BCUT2D eigenvalue weighted by molar-refractivity contribution is 5.80. The average molecular weight is 526 g/mol. The number of hydrogen-bond acceptors (Lipinski definition) is 5. The molecular formula is C29H26F3NO5. The number of rotatable bonds is 7. The number of nitrogens with one attached hydrogen (secondary N) is 1. The van der Waals surface area contributed by atoms with E-state index in [1.807, 2.05) is 51.1 Å². The number of amides is 1. The van der Waals surface area contributed by atoms with Crippen LogP contribution >= 0.6 is 0 Å². The third-order valence-corrected chi connectivity index (χ3v) is 5.72. The molecule has 0 saturated heterocycles. The Hall–Kier alpha value is -4.27. The molecule has 0 aliphatic heterocycles. The van der Waals surface area contributed by atoms with Crippen LogP contribution in [0.3, 0.4) is 0 Å². The zero-order chi connectivity index (χ0) is 27.5. The molecule has 3 aromatic carbocycles. The number of benzene rings is 3. The molecule has 0 unspecified atom stereocenters. The van der Waals surface area contributed by atoms with Crippen molar-refractivity contribution in [2.45, 2.75) is 38.9 Å². The van der Waals surface area contributed by atoms with Crippen molar-refractivity contribution in [1.29, 1.82) is 0 Å². The van der Waals surface area contributed by atoms with Gasteiger partial charge in [-0.15, -0.1) is 0 Å². The predicted octanol–water partition coefficient (Wildman–Crippen LogP) is 6.60. The Morgan fingerprint density at radius 2 is 1.58 bits per heavy atom. The van der Waals surface area contributed by atoms with Crippen LogP contribution in [0, 0.1) is 0 Å². The first-order valence-electron chi connectivity index (χ1n) is 11.8. The second-order valence-corrected chi connectivity index (χ2v) is 9.67. The van der Waals surface area contributed by atoms with E-state index < -0.39 is 29.0 Å². The summed E-state index contributed by atoms with van der Waals surface area (Å²) in [6.07, 6.45) is -5.00. The lowest BCUT2D eigenvalue weighted by Crippen LogP contribution is -2.28. The Kier molecular flexibility index (Phi) is 7.48. The lowest BCUT2D eigenvalue weighted by molar-refractivity contribution is -0.154. The fraction of sp³-hybridized carbons (Fsp3) is 0.241. The molecule has 4 rings (SSSR count). The van der Waals surface area contributed by atoms with Crippen molar-refractivity contribution >= 4 is 16.9 Å². The summed E-state index contributed by atoms with van der Waals surface area (Å²) in [6.45, 7) is 5.92. The van der Waals surface area contributed by atoms with E-state index in [-0.39, 0.29) is 34.5 Å². The molecule has 1 heterocycles. The summed E-state index contributed by atoms with van der Waals surface area (Å²) in [5.74, 6) is -2.81. The standard InChI is InChI=1S/C29H26F3NO5/c1-28(2,3)19-9-11-20(12-10-19)37-26-25(35)22-14-13-21(15-23(22)38-27(26)29(30,31)32)36-17-24(34)33-16-18-7-5-4-6-8-18/h4-15H,16-17H2,1-3H3,(H,33,34). The number of carbonyl (C=O) groups is 1. The van der Waals surface area contributed by atoms with Gasteiger partial charge in [-0.1, -0.05) is 63.2 Å². The van der Waals surface area contributed by atoms with Crippen molar-refractivity contribution in [1.82, 2.24) is 5.32 Å². The third-order valence-electron chi connectivity index (χ3n) is 5.72. The molecule has 0 aliphatic rings. The van der Waals surface area contributed by atoms with Crippen molar-refractivity contribution in [3.05, 3.63) is 99.9 Å². The molecule has 0 radical (unpaired) electrons. The minimum Gasteiger partial charge on any atom is -0.484 e. The van der Waals surface area contributed by atoms with E-state index in [0.29, 0.717) is 6.54 Å². The van der Waals surface area contributed by atoms with Crippen LogP contribution in [0.2, 0.25) is 0 Å². The monoisotopic (exact) mass is 525 g/mol. The number of fused-ring (bicyclic) bond motifs is 1. The Morgan fingerprint density at radius 1 is 0.921 bits per heavy atom. The number of carbonyl (C=O) groups excluding carboxylic acids is 1. The lowest BCUT2D eigenvalue weighted by atomic mass is 9.87. The Bertz CT molecular complexity index is 1490. The molecule has 1 amide bonds. The van der Waals surface area contributed by atoms with Gasteiger partial charge in [0, 0.05) is 12.6 Å². The van der Waals surface area contributed by atoms with Crippen LogP contribution in [-0.2, 0) is 22.9 Å². The van der Waals surface area contributed by atoms with Gasteiger partial charge < -0.3 is 19.2 Å². The molecule has 198 valence electrons.